The molecule has 0 saturated heterocycles. The quantitative estimate of drug-likeness (QED) is 0.889. The van der Waals surface area contributed by atoms with Gasteiger partial charge in [-0.1, -0.05) is 22.0 Å². The summed E-state index contributed by atoms with van der Waals surface area (Å²) in [5.74, 6) is -1.10. The number of carboxylic acid groups (broad SMARTS) is 1. The van der Waals surface area contributed by atoms with Crippen molar-refractivity contribution in [2.24, 2.45) is 0 Å². The number of aromatic amines is 1. The molecule has 0 fully saturated rings. The van der Waals surface area contributed by atoms with E-state index in [2.05, 4.69) is 25.9 Å². The second kappa shape index (κ2) is 4.09. The van der Waals surface area contributed by atoms with E-state index in [4.69, 9.17) is 5.11 Å². The molecule has 82 valence electrons. The van der Waals surface area contributed by atoms with Crippen LogP contribution in [0.4, 0.5) is 0 Å². The summed E-state index contributed by atoms with van der Waals surface area (Å²) < 4.78 is 0.944. The normalized spacial score (nSPS) is 10.4. The van der Waals surface area contributed by atoms with Gasteiger partial charge in [-0.2, -0.15) is 0 Å². The van der Waals surface area contributed by atoms with Crippen LogP contribution in [-0.2, 0) is 0 Å². The lowest BCUT2D eigenvalue weighted by Crippen LogP contribution is -1.98. The Morgan fingerprint density at radius 3 is 2.88 bits per heavy atom. The molecule has 1 aromatic carbocycles. The number of rotatable bonds is 2. The molecule has 0 amide bonds. The van der Waals surface area contributed by atoms with E-state index in [-0.39, 0.29) is 5.82 Å². The Kier molecular flexibility index (Phi) is 2.78. The minimum atomic E-state index is -1.06. The number of halogens is 1. The third-order valence-electron chi connectivity index (χ3n) is 2.27. The molecule has 0 aliphatic carbocycles. The van der Waals surface area contributed by atoms with Crippen LogP contribution in [0.5, 0.6) is 0 Å². The third kappa shape index (κ3) is 1.99. The minimum Gasteiger partial charge on any atom is -0.475 e. The van der Waals surface area contributed by atoms with E-state index in [1.807, 2.05) is 25.1 Å². The number of nitrogens with one attached hydrogen (secondary N) is 1. The number of H-pyrrole nitrogens is 1. The van der Waals surface area contributed by atoms with Crippen molar-refractivity contribution < 1.29 is 9.90 Å². The van der Waals surface area contributed by atoms with E-state index in [1.54, 1.807) is 0 Å². The number of aryl methyl sites for hydroxylation is 1. The fraction of sp³-hybridized carbons (Fsp3) is 0.0909. The number of benzene rings is 1. The van der Waals surface area contributed by atoms with Gasteiger partial charge in [-0.3, -0.25) is 0 Å². The summed E-state index contributed by atoms with van der Waals surface area (Å²) >= 11 is 3.38. The van der Waals surface area contributed by atoms with E-state index >= 15 is 0 Å². The topological polar surface area (TPSA) is 66.0 Å². The van der Waals surface area contributed by atoms with E-state index in [1.165, 1.54) is 6.20 Å². The van der Waals surface area contributed by atoms with Crippen molar-refractivity contribution in [3.05, 3.63) is 40.3 Å². The Balaban J connectivity index is 2.50. The van der Waals surface area contributed by atoms with E-state index in [9.17, 15) is 4.79 Å². The fourth-order valence-electron chi connectivity index (χ4n) is 1.45. The maximum Gasteiger partial charge on any atom is 0.371 e. The molecule has 5 heteroatoms. The number of nitrogens with zero attached hydrogens (tertiary/aromatic N) is 1. The van der Waals surface area contributed by atoms with Crippen LogP contribution in [-0.4, -0.2) is 21.0 Å². The second-order valence-electron chi connectivity index (χ2n) is 3.41. The van der Waals surface area contributed by atoms with Gasteiger partial charge in [0.15, 0.2) is 0 Å². The van der Waals surface area contributed by atoms with Gasteiger partial charge in [0.1, 0.15) is 0 Å². The zero-order valence-electron chi connectivity index (χ0n) is 8.49. The molecule has 4 nitrogen and oxygen atoms in total. The van der Waals surface area contributed by atoms with Crippen LogP contribution in [0.25, 0.3) is 11.3 Å². The molecule has 1 heterocycles. The van der Waals surface area contributed by atoms with Gasteiger partial charge in [0, 0.05) is 10.0 Å². The van der Waals surface area contributed by atoms with Crippen molar-refractivity contribution in [2.45, 2.75) is 6.92 Å². The third-order valence-corrected chi connectivity index (χ3v) is 2.76. The van der Waals surface area contributed by atoms with Gasteiger partial charge in [-0.15, -0.1) is 0 Å². The first-order valence-electron chi connectivity index (χ1n) is 4.63. The highest BCUT2D eigenvalue weighted by Crippen LogP contribution is 2.25. The zero-order valence-corrected chi connectivity index (χ0v) is 10.1. The van der Waals surface area contributed by atoms with Crippen LogP contribution in [0, 0.1) is 6.92 Å². The summed E-state index contributed by atoms with van der Waals surface area (Å²) in [6.45, 7) is 1.96. The summed E-state index contributed by atoms with van der Waals surface area (Å²) in [5, 5.41) is 8.77. The molecule has 1 aromatic heterocycles. The van der Waals surface area contributed by atoms with Gasteiger partial charge in [-0.25, -0.2) is 9.78 Å². The number of aromatic carboxylic acids is 1. The van der Waals surface area contributed by atoms with Crippen LogP contribution < -0.4 is 0 Å². The Bertz CT molecular complexity index is 549. The number of aromatic nitrogens is 2. The average molecular weight is 281 g/mol. The first-order chi connectivity index (χ1) is 7.58. The molecule has 0 bridgehead atoms. The van der Waals surface area contributed by atoms with Crippen molar-refractivity contribution in [1.29, 1.82) is 0 Å². The zero-order chi connectivity index (χ0) is 11.7. The highest BCUT2D eigenvalue weighted by molar-refractivity contribution is 9.10. The second-order valence-corrected chi connectivity index (χ2v) is 4.33. The Morgan fingerprint density at radius 2 is 2.25 bits per heavy atom. The largest absolute Gasteiger partial charge is 0.475 e. The summed E-state index contributed by atoms with van der Waals surface area (Å²) in [6, 6.07) is 5.82. The average Bonchev–Trinajstić information content (AvgIpc) is 2.70. The highest BCUT2D eigenvalue weighted by Gasteiger charge is 2.10. The Labute approximate surface area is 100 Å². The lowest BCUT2D eigenvalue weighted by Gasteiger charge is -2.03. The Morgan fingerprint density at radius 1 is 1.50 bits per heavy atom. The van der Waals surface area contributed by atoms with Crippen molar-refractivity contribution in [1.82, 2.24) is 9.97 Å². The first kappa shape index (κ1) is 10.9. The molecular formula is C11H9BrN2O2. The molecule has 0 spiro atoms. The number of hydrogen-bond donors (Lipinski definition) is 2. The summed E-state index contributed by atoms with van der Waals surface area (Å²) in [5.41, 5.74) is 2.70. The Hall–Kier alpha value is -1.62. The SMILES string of the molecule is Cc1ccc(Br)cc1-c1cnc(C(=O)O)[nH]1. The number of hydrogen-bond acceptors (Lipinski definition) is 2. The van der Waals surface area contributed by atoms with Gasteiger partial charge in [0.05, 0.1) is 11.9 Å². The van der Waals surface area contributed by atoms with Gasteiger partial charge in [0.2, 0.25) is 5.82 Å². The molecule has 0 unspecified atom stereocenters. The standard InChI is InChI=1S/C11H9BrN2O2/c1-6-2-3-7(12)4-8(6)9-5-13-10(14-9)11(15)16/h2-5H,1H3,(H,13,14)(H,15,16). The molecule has 0 saturated carbocycles. The van der Waals surface area contributed by atoms with Crippen LogP contribution in [0.2, 0.25) is 0 Å². The first-order valence-corrected chi connectivity index (χ1v) is 5.42. The van der Waals surface area contributed by atoms with E-state index < -0.39 is 5.97 Å². The molecule has 0 aliphatic rings. The lowest BCUT2D eigenvalue weighted by atomic mass is 10.1. The molecular weight excluding hydrogens is 272 g/mol. The molecule has 0 aliphatic heterocycles. The highest BCUT2D eigenvalue weighted by atomic mass is 79.9. The molecule has 2 N–H and O–H groups in total. The van der Waals surface area contributed by atoms with E-state index in [0.29, 0.717) is 5.69 Å². The lowest BCUT2D eigenvalue weighted by molar-refractivity contribution is 0.0685. The predicted molar refractivity (Wildman–Crippen MR) is 63.4 cm³/mol. The minimum absolute atomic E-state index is 0.0469. The van der Waals surface area contributed by atoms with Crippen LogP contribution in [0.15, 0.2) is 28.9 Å². The number of imidazole rings is 1. The van der Waals surface area contributed by atoms with Gasteiger partial charge in [0.25, 0.3) is 0 Å². The molecule has 16 heavy (non-hydrogen) atoms. The van der Waals surface area contributed by atoms with Gasteiger partial charge >= 0.3 is 5.97 Å². The van der Waals surface area contributed by atoms with Crippen LogP contribution in [0.3, 0.4) is 0 Å². The van der Waals surface area contributed by atoms with E-state index in [0.717, 1.165) is 15.6 Å². The fourth-order valence-corrected chi connectivity index (χ4v) is 1.81. The van der Waals surface area contributed by atoms with Crippen LogP contribution in [0.1, 0.15) is 16.2 Å². The van der Waals surface area contributed by atoms with Gasteiger partial charge in [-0.05, 0) is 24.6 Å². The number of carboxylic acids is 1. The molecule has 0 radical (unpaired) electrons. The maximum atomic E-state index is 10.7. The summed E-state index contributed by atoms with van der Waals surface area (Å²) in [4.78, 5) is 17.3. The van der Waals surface area contributed by atoms with Gasteiger partial charge < -0.3 is 10.1 Å². The molecule has 2 rings (SSSR count). The van der Waals surface area contributed by atoms with Crippen molar-refractivity contribution in [3.63, 3.8) is 0 Å². The summed E-state index contributed by atoms with van der Waals surface area (Å²) in [7, 11) is 0. The number of carbonyl (C=O) groups is 1. The van der Waals surface area contributed by atoms with Crippen LogP contribution >= 0.6 is 15.9 Å². The van der Waals surface area contributed by atoms with Crippen molar-refractivity contribution >= 4 is 21.9 Å². The monoisotopic (exact) mass is 280 g/mol. The molecule has 2 aromatic rings. The summed E-state index contributed by atoms with van der Waals surface area (Å²) in [6.07, 6.45) is 1.53. The smallest absolute Gasteiger partial charge is 0.371 e. The molecule has 0 atom stereocenters. The maximum absolute atomic E-state index is 10.7. The van der Waals surface area contributed by atoms with Crippen molar-refractivity contribution in [2.75, 3.05) is 0 Å². The predicted octanol–water partition coefficient (Wildman–Crippen LogP) is 2.85. The van der Waals surface area contributed by atoms with Crippen molar-refractivity contribution in [3.8, 4) is 11.3 Å².